The summed E-state index contributed by atoms with van der Waals surface area (Å²) in [6, 6.07) is 19.6. The van der Waals surface area contributed by atoms with Crippen LogP contribution in [-0.2, 0) is 21.4 Å². The van der Waals surface area contributed by atoms with Crippen molar-refractivity contribution in [1.29, 1.82) is 0 Å². The van der Waals surface area contributed by atoms with Crippen LogP contribution in [-0.4, -0.2) is 66.2 Å². The first-order valence-electron chi connectivity index (χ1n) is 14.4. The zero-order valence-electron chi connectivity index (χ0n) is 24.0. The van der Waals surface area contributed by atoms with Gasteiger partial charge in [0.2, 0.25) is 15.9 Å². The van der Waals surface area contributed by atoms with Gasteiger partial charge in [0, 0.05) is 37.4 Å². The highest BCUT2D eigenvalue weighted by atomic mass is 32.2. The second kappa shape index (κ2) is 12.6. The summed E-state index contributed by atoms with van der Waals surface area (Å²) in [4.78, 5) is 30.5. The lowest BCUT2D eigenvalue weighted by Gasteiger charge is -2.39. The Labute approximate surface area is 247 Å². The smallest absolute Gasteiger partial charge is 0.321 e. The Morgan fingerprint density at radius 2 is 1.52 bits per heavy atom. The molecule has 3 aromatic rings. The highest BCUT2D eigenvalue weighted by Crippen LogP contribution is 2.33. The summed E-state index contributed by atoms with van der Waals surface area (Å²) < 4.78 is 42.2. The number of aryl methyl sites for hydroxylation is 2. The van der Waals surface area contributed by atoms with Gasteiger partial charge in [-0.3, -0.25) is 4.79 Å². The Kier molecular flexibility index (Phi) is 8.93. The van der Waals surface area contributed by atoms with E-state index < -0.39 is 10.0 Å². The molecule has 0 radical (unpaired) electrons. The fourth-order valence-electron chi connectivity index (χ4n) is 5.34. The van der Waals surface area contributed by atoms with E-state index in [4.69, 9.17) is 0 Å². The van der Waals surface area contributed by atoms with Gasteiger partial charge in [-0.2, -0.15) is 4.31 Å². The summed E-state index contributed by atoms with van der Waals surface area (Å²) in [5.41, 5.74) is 3.43. The van der Waals surface area contributed by atoms with Crippen molar-refractivity contribution in [3.8, 4) is 0 Å². The molecule has 2 fully saturated rings. The van der Waals surface area contributed by atoms with E-state index in [2.05, 4.69) is 5.32 Å². The minimum absolute atomic E-state index is 0.172. The van der Waals surface area contributed by atoms with Crippen molar-refractivity contribution in [3.05, 3.63) is 95.3 Å². The number of amides is 3. The first kappa shape index (κ1) is 29.7. The summed E-state index contributed by atoms with van der Waals surface area (Å²) in [5, 5.41) is 2.97. The number of nitrogens with zero attached hydrogens (tertiary/aromatic N) is 3. The molecule has 5 rings (SSSR count). The Balaban J connectivity index is 1.32. The fraction of sp³-hybridized carbons (Fsp3) is 0.375. The van der Waals surface area contributed by atoms with Gasteiger partial charge in [0.15, 0.2) is 0 Å². The normalized spacial score (nSPS) is 16.0. The number of halogens is 1. The molecule has 1 saturated carbocycles. The number of hydrogen-bond acceptors (Lipinski definition) is 4. The maximum atomic E-state index is 13.9. The Morgan fingerprint density at radius 3 is 2.14 bits per heavy atom. The van der Waals surface area contributed by atoms with E-state index in [1.54, 1.807) is 46.2 Å². The van der Waals surface area contributed by atoms with Gasteiger partial charge in [0.1, 0.15) is 5.82 Å². The minimum Gasteiger partial charge on any atom is -0.334 e. The van der Waals surface area contributed by atoms with E-state index >= 15 is 0 Å². The van der Waals surface area contributed by atoms with Gasteiger partial charge >= 0.3 is 6.03 Å². The maximum absolute atomic E-state index is 13.9. The summed E-state index contributed by atoms with van der Waals surface area (Å²) in [7, 11) is -3.87. The van der Waals surface area contributed by atoms with Crippen LogP contribution in [0.4, 0.5) is 14.9 Å². The molecular formula is C32H37FN4O4S. The lowest BCUT2D eigenvalue weighted by Crippen LogP contribution is -2.52. The molecule has 1 N–H and O–H groups in total. The third-order valence-electron chi connectivity index (χ3n) is 8.04. The van der Waals surface area contributed by atoms with Gasteiger partial charge in [-0.05, 0) is 81.0 Å². The summed E-state index contributed by atoms with van der Waals surface area (Å²) in [6.07, 6.45) is 2.51. The standard InChI is InChI=1S/C32H37FN4O4S/c1-23-7-15-29(16-8-23)42(40,41)37(28-13-14-28)22-31(38)36(21-25-9-11-26(33)12-10-25)27-17-19-35(20-18-27)32(39)34-30-6-4-3-5-24(30)2/h3-12,15-16,27-28H,13-14,17-22H2,1-2H3,(H,34,39). The van der Waals surface area contributed by atoms with E-state index in [0.29, 0.717) is 38.8 Å². The monoisotopic (exact) mass is 592 g/mol. The van der Waals surface area contributed by atoms with E-state index in [1.807, 2.05) is 38.1 Å². The average Bonchev–Trinajstić information content (AvgIpc) is 3.82. The Bertz CT molecular complexity index is 1520. The van der Waals surface area contributed by atoms with E-state index in [1.165, 1.54) is 16.4 Å². The molecule has 0 spiro atoms. The van der Waals surface area contributed by atoms with Crippen LogP contribution in [0.3, 0.4) is 0 Å². The number of rotatable bonds is 9. The number of sulfonamides is 1. The summed E-state index contributed by atoms with van der Waals surface area (Å²) in [5.74, 6) is -0.668. The van der Waals surface area contributed by atoms with Gasteiger partial charge < -0.3 is 15.1 Å². The molecule has 0 atom stereocenters. The number of carbonyl (C=O) groups excluding carboxylic acids is 2. The summed E-state index contributed by atoms with van der Waals surface area (Å²) in [6.45, 7) is 4.68. The number of piperidine rings is 1. The second-order valence-corrected chi connectivity index (χ2v) is 13.1. The number of anilines is 1. The lowest BCUT2D eigenvalue weighted by atomic mass is 10.0. The molecule has 0 aromatic heterocycles. The van der Waals surface area contributed by atoms with Gasteiger partial charge in [-0.15, -0.1) is 0 Å². The van der Waals surface area contributed by atoms with Crippen molar-refractivity contribution in [2.45, 2.75) is 63.1 Å². The number of hydrogen-bond donors (Lipinski definition) is 1. The zero-order valence-corrected chi connectivity index (χ0v) is 24.8. The average molecular weight is 593 g/mol. The minimum atomic E-state index is -3.87. The first-order valence-corrected chi connectivity index (χ1v) is 15.8. The molecule has 42 heavy (non-hydrogen) atoms. The predicted molar refractivity (Wildman–Crippen MR) is 160 cm³/mol. The van der Waals surface area contributed by atoms with Crippen molar-refractivity contribution < 1.29 is 22.4 Å². The molecular weight excluding hydrogens is 555 g/mol. The molecule has 1 aliphatic heterocycles. The van der Waals surface area contributed by atoms with Crippen molar-refractivity contribution in [2.75, 3.05) is 25.0 Å². The zero-order chi connectivity index (χ0) is 29.9. The van der Waals surface area contributed by atoms with Crippen LogP contribution in [0.5, 0.6) is 0 Å². The van der Waals surface area contributed by atoms with Crippen LogP contribution in [0, 0.1) is 19.7 Å². The van der Waals surface area contributed by atoms with Crippen LogP contribution in [0.15, 0.2) is 77.7 Å². The van der Waals surface area contributed by atoms with E-state index in [-0.39, 0.29) is 47.8 Å². The third kappa shape index (κ3) is 6.99. The molecule has 1 saturated heterocycles. The van der Waals surface area contributed by atoms with Crippen molar-refractivity contribution >= 4 is 27.6 Å². The third-order valence-corrected chi connectivity index (χ3v) is 9.95. The van der Waals surface area contributed by atoms with Crippen molar-refractivity contribution in [3.63, 3.8) is 0 Å². The Morgan fingerprint density at radius 1 is 0.881 bits per heavy atom. The number of carbonyl (C=O) groups is 2. The number of urea groups is 1. The van der Waals surface area contributed by atoms with Gasteiger partial charge in [0.05, 0.1) is 11.4 Å². The molecule has 0 unspecified atom stereocenters. The van der Waals surface area contributed by atoms with Crippen LogP contribution in [0.25, 0.3) is 0 Å². The highest BCUT2D eigenvalue weighted by Gasteiger charge is 2.41. The molecule has 10 heteroatoms. The van der Waals surface area contributed by atoms with Gasteiger partial charge in [-0.1, -0.05) is 48.0 Å². The van der Waals surface area contributed by atoms with Crippen molar-refractivity contribution in [2.24, 2.45) is 0 Å². The van der Waals surface area contributed by atoms with E-state index in [9.17, 15) is 22.4 Å². The molecule has 3 aromatic carbocycles. The maximum Gasteiger partial charge on any atom is 0.321 e. The fourth-order valence-corrected chi connectivity index (χ4v) is 6.97. The van der Waals surface area contributed by atoms with Crippen molar-refractivity contribution in [1.82, 2.24) is 14.1 Å². The highest BCUT2D eigenvalue weighted by molar-refractivity contribution is 7.89. The van der Waals surface area contributed by atoms with Crippen LogP contribution >= 0.6 is 0 Å². The molecule has 8 nitrogen and oxygen atoms in total. The molecule has 3 amide bonds. The number of para-hydroxylation sites is 1. The van der Waals surface area contributed by atoms with Crippen LogP contribution in [0.2, 0.25) is 0 Å². The number of likely N-dealkylation sites (tertiary alicyclic amines) is 1. The predicted octanol–water partition coefficient (Wildman–Crippen LogP) is 5.32. The van der Waals surface area contributed by atoms with E-state index in [0.717, 1.165) is 22.4 Å². The Hall–Kier alpha value is -3.76. The molecule has 2 aliphatic rings. The SMILES string of the molecule is Cc1ccc(S(=O)(=O)N(CC(=O)N(Cc2ccc(F)cc2)C2CCN(C(=O)Nc3ccccc3C)CC2)C2CC2)cc1. The van der Waals surface area contributed by atoms with Gasteiger partial charge in [-0.25, -0.2) is 17.6 Å². The van der Waals surface area contributed by atoms with Crippen LogP contribution in [0.1, 0.15) is 42.4 Å². The molecule has 1 aliphatic carbocycles. The topological polar surface area (TPSA) is 90.0 Å². The molecule has 0 bridgehead atoms. The lowest BCUT2D eigenvalue weighted by molar-refractivity contribution is -0.135. The first-order chi connectivity index (χ1) is 20.1. The number of nitrogens with one attached hydrogen (secondary N) is 1. The van der Waals surface area contributed by atoms with Gasteiger partial charge in [0.25, 0.3) is 0 Å². The largest absolute Gasteiger partial charge is 0.334 e. The quantitative estimate of drug-likeness (QED) is 0.364. The number of benzene rings is 3. The van der Waals surface area contributed by atoms with Crippen LogP contribution < -0.4 is 5.32 Å². The molecule has 222 valence electrons. The second-order valence-electron chi connectivity index (χ2n) is 11.2. The summed E-state index contributed by atoms with van der Waals surface area (Å²) >= 11 is 0. The molecule has 1 heterocycles.